The Morgan fingerprint density at radius 2 is 1.81 bits per heavy atom. The summed E-state index contributed by atoms with van der Waals surface area (Å²) >= 11 is 6.01. The van der Waals surface area contributed by atoms with Gasteiger partial charge in [0.1, 0.15) is 0 Å². The Bertz CT molecular complexity index is 660. The van der Waals surface area contributed by atoms with Crippen molar-refractivity contribution in [2.45, 2.75) is 38.0 Å². The molecule has 0 fully saturated rings. The summed E-state index contributed by atoms with van der Waals surface area (Å²) in [5.74, 6) is 0.272. The first kappa shape index (κ1) is 14.3. The first-order valence-electron chi connectivity index (χ1n) is 7.56. The lowest BCUT2D eigenvalue weighted by molar-refractivity contribution is 0.0892. The van der Waals surface area contributed by atoms with Gasteiger partial charge in [-0.1, -0.05) is 67.8 Å². The zero-order valence-corrected chi connectivity index (χ0v) is 13.0. The number of Topliss-reactive ketones (excluding diaryl/α,β-unsaturated/α-hetero) is 1. The van der Waals surface area contributed by atoms with Gasteiger partial charge in [0, 0.05) is 10.6 Å². The average molecular weight is 299 g/mol. The van der Waals surface area contributed by atoms with E-state index in [9.17, 15) is 4.79 Å². The Kier molecular flexibility index (Phi) is 3.86. The van der Waals surface area contributed by atoms with Crippen molar-refractivity contribution < 1.29 is 4.79 Å². The Balaban J connectivity index is 2.08. The molecule has 108 valence electrons. The fraction of sp³-hybridized carbons (Fsp3) is 0.316. The highest BCUT2D eigenvalue weighted by Gasteiger charge is 2.45. The van der Waals surface area contributed by atoms with E-state index in [2.05, 4.69) is 13.0 Å². The summed E-state index contributed by atoms with van der Waals surface area (Å²) in [6, 6.07) is 15.8. The van der Waals surface area contributed by atoms with Gasteiger partial charge in [0.2, 0.25) is 0 Å². The summed E-state index contributed by atoms with van der Waals surface area (Å²) in [7, 11) is 0. The number of fused-ring (bicyclic) bond motifs is 1. The molecule has 21 heavy (non-hydrogen) atoms. The van der Waals surface area contributed by atoms with E-state index in [1.54, 1.807) is 0 Å². The van der Waals surface area contributed by atoms with Gasteiger partial charge in [-0.25, -0.2) is 0 Å². The number of benzene rings is 2. The fourth-order valence-electron chi connectivity index (χ4n) is 3.39. The van der Waals surface area contributed by atoms with Crippen LogP contribution in [-0.2, 0) is 11.8 Å². The molecular formula is C19H19ClO. The number of unbranched alkanes of at least 4 members (excludes halogenated alkanes) is 1. The Morgan fingerprint density at radius 1 is 1.10 bits per heavy atom. The van der Waals surface area contributed by atoms with Crippen molar-refractivity contribution in [3.05, 3.63) is 70.2 Å². The second kappa shape index (κ2) is 5.65. The molecule has 0 radical (unpaired) electrons. The molecule has 0 N–H and O–H groups in total. The van der Waals surface area contributed by atoms with Crippen LogP contribution in [0.3, 0.4) is 0 Å². The largest absolute Gasteiger partial charge is 0.293 e. The van der Waals surface area contributed by atoms with Crippen LogP contribution in [0, 0.1) is 0 Å². The number of rotatable bonds is 4. The van der Waals surface area contributed by atoms with Crippen molar-refractivity contribution >= 4 is 17.4 Å². The fourth-order valence-corrected chi connectivity index (χ4v) is 3.51. The van der Waals surface area contributed by atoms with Gasteiger partial charge >= 0.3 is 0 Å². The summed E-state index contributed by atoms with van der Waals surface area (Å²) in [6.45, 7) is 2.17. The Morgan fingerprint density at radius 3 is 2.48 bits per heavy atom. The van der Waals surface area contributed by atoms with E-state index in [4.69, 9.17) is 11.6 Å². The molecule has 2 aromatic rings. The molecule has 0 saturated heterocycles. The van der Waals surface area contributed by atoms with Crippen molar-refractivity contribution in [2.24, 2.45) is 0 Å². The maximum atomic E-state index is 13.1. The summed E-state index contributed by atoms with van der Waals surface area (Å²) in [6.07, 6.45) is 3.86. The van der Waals surface area contributed by atoms with E-state index in [-0.39, 0.29) is 5.78 Å². The number of hydrogen-bond donors (Lipinski definition) is 0. The van der Waals surface area contributed by atoms with E-state index < -0.39 is 5.41 Å². The molecule has 3 rings (SSSR count). The highest BCUT2D eigenvalue weighted by Crippen LogP contribution is 2.43. The number of hydrogen-bond acceptors (Lipinski definition) is 1. The minimum absolute atomic E-state index is 0.272. The van der Waals surface area contributed by atoms with Gasteiger partial charge in [-0.05, 0) is 36.1 Å². The second-order valence-corrected chi connectivity index (χ2v) is 6.29. The lowest BCUT2D eigenvalue weighted by atomic mass is 9.73. The molecule has 0 aromatic heterocycles. The number of carbonyl (C=O) groups excluding carboxylic acids is 1. The third kappa shape index (κ3) is 2.40. The molecule has 0 saturated carbocycles. The molecule has 0 bridgehead atoms. The smallest absolute Gasteiger partial charge is 0.173 e. The third-order valence-electron chi connectivity index (χ3n) is 4.54. The van der Waals surface area contributed by atoms with Gasteiger partial charge in [0.05, 0.1) is 5.41 Å². The van der Waals surface area contributed by atoms with Crippen molar-refractivity contribution in [3.63, 3.8) is 0 Å². The maximum absolute atomic E-state index is 13.1. The highest BCUT2D eigenvalue weighted by atomic mass is 35.5. The number of halogens is 1. The minimum Gasteiger partial charge on any atom is -0.293 e. The second-order valence-electron chi connectivity index (χ2n) is 5.86. The zero-order valence-electron chi connectivity index (χ0n) is 12.2. The molecule has 0 amide bonds. The van der Waals surface area contributed by atoms with Crippen LogP contribution in [0.15, 0.2) is 48.5 Å². The molecule has 1 unspecified atom stereocenters. The Labute approximate surface area is 131 Å². The molecule has 1 aliphatic carbocycles. The van der Waals surface area contributed by atoms with Gasteiger partial charge in [-0.15, -0.1) is 0 Å². The Hall–Kier alpha value is -1.60. The van der Waals surface area contributed by atoms with Crippen LogP contribution < -0.4 is 0 Å². The zero-order chi connectivity index (χ0) is 14.9. The van der Waals surface area contributed by atoms with Crippen LogP contribution in [0.1, 0.15) is 47.7 Å². The lowest BCUT2D eigenvalue weighted by Crippen LogP contribution is -2.33. The minimum atomic E-state index is -0.399. The van der Waals surface area contributed by atoms with Crippen LogP contribution in [-0.4, -0.2) is 5.78 Å². The molecule has 2 aromatic carbocycles. The molecule has 0 spiro atoms. The third-order valence-corrected chi connectivity index (χ3v) is 4.79. The molecule has 0 aliphatic heterocycles. The quantitative estimate of drug-likeness (QED) is 0.757. The number of ketones is 1. The van der Waals surface area contributed by atoms with Crippen molar-refractivity contribution in [2.75, 3.05) is 0 Å². The van der Waals surface area contributed by atoms with Gasteiger partial charge < -0.3 is 0 Å². The first-order valence-corrected chi connectivity index (χ1v) is 7.94. The van der Waals surface area contributed by atoms with Crippen LogP contribution in [0.4, 0.5) is 0 Å². The van der Waals surface area contributed by atoms with E-state index in [0.29, 0.717) is 5.02 Å². The van der Waals surface area contributed by atoms with Gasteiger partial charge in [0.15, 0.2) is 5.78 Å². The average Bonchev–Trinajstić information content (AvgIpc) is 2.80. The topological polar surface area (TPSA) is 17.1 Å². The molecule has 1 nitrogen and oxygen atoms in total. The van der Waals surface area contributed by atoms with Gasteiger partial charge in [0.25, 0.3) is 0 Å². The SMILES string of the molecule is CCCCC1(c2ccc(Cl)cc2)Cc2ccccc2C1=O. The first-order chi connectivity index (χ1) is 10.2. The van der Waals surface area contributed by atoms with E-state index in [0.717, 1.165) is 36.8 Å². The van der Waals surface area contributed by atoms with Crippen LogP contribution in [0.25, 0.3) is 0 Å². The van der Waals surface area contributed by atoms with Crippen LogP contribution in [0.2, 0.25) is 5.02 Å². The van der Waals surface area contributed by atoms with E-state index in [1.807, 2.05) is 42.5 Å². The van der Waals surface area contributed by atoms with E-state index in [1.165, 1.54) is 5.56 Å². The van der Waals surface area contributed by atoms with Crippen LogP contribution >= 0.6 is 11.6 Å². The summed E-state index contributed by atoms with van der Waals surface area (Å²) in [5, 5.41) is 0.715. The lowest BCUT2D eigenvalue weighted by Gasteiger charge is -2.28. The van der Waals surface area contributed by atoms with Gasteiger partial charge in [-0.2, -0.15) is 0 Å². The summed E-state index contributed by atoms with van der Waals surface area (Å²) in [5.41, 5.74) is 2.77. The van der Waals surface area contributed by atoms with Crippen LogP contribution in [0.5, 0.6) is 0 Å². The molecular weight excluding hydrogens is 280 g/mol. The van der Waals surface area contributed by atoms with Crippen molar-refractivity contribution in [1.29, 1.82) is 0 Å². The monoisotopic (exact) mass is 298 g/mol. The molecule has 1 aliphatic rings. The molecule has 2 heteroatoms. The summed E-state index contributed by atoms with van der Waals surface area (Å²) in [4.78, 5) is 13.1. The van der Waals surface area contributed by atoms with Gasteiger partial charge in [-0.3, -0.25) is 4.79 Å². The van der Waals surface area contributed by atoms with Crippen molar-refractivity contribution in [3.8, 4) is 0 Å². The molecule has 0 heterocycles. The standard InChI is InChI=1S/C19H19ClO/c1-2-3-12-19(15-8-10-16(20)11-9-15)13-14-6-4-5-7-17(14)18(19)21/h4-11H,2-3,12-13H2,1H3. The molecule has 1 atom stereocenters. The van der Waals surface area contributed by atoms with Crippen molar-refractivity contribution in [1.82, 2.24) is 0 Å². The summed E-state index contributed by atoms with van der Waals surface area (Å²) < 4.78 is 0. The number of carbonyl (C=O) groups is 1. The predicted octanol–water partition coefficient (Wildman–Crippen LogP) is 5.21. The maximum Gasteiger partial charge on any atom is 0.173 e. The normalized spacial score (nSPS) is 20.6. The highest BCUT2D eigenvalue weighted by molar-refractivity contribution is 6.30. The predicted molar refractivity (Wildman–Crippen MR) is 87.1 cm³/mol. The van der Waals surface area contributed by atoms with E-state index >= 15 is 0 Å².